The van der Waals surface area contributed by atoms with Crippen molar-refractivity contribution in [3.8, 4) is 5.69 Å². The van der Waals surface area contributed by atoms with Gasteiger partial charge in [-0.2, -0.15) is 16.9 Å². The zero-order valence-corrected chi connectivity index (χ0v) is 14.2. The smallest absolute Gasteiger partial charge is 0.329 e. The molecule has 0 bridgehead atoms. The van der Waals surface area contributed by atoms with Gasteiger partial charge in [0.15, 0.2) is 0 Å². The highest BCUT2D eigenvalue weighted by molar-refractivity contribution is 7.99. The molecule has 0 aliphatic carbocycles. The van der Waals surface area contributed by atoms with Crippen LogP contribution in [0.1, 0.15) is 28.9 Å². The Labute approximate surface area is 144 Å². The quantitative estimate of drug-likeness (QED) is 0.888. The Morgan fingerprint density at radius 1 is 1.21 bits per heavy atom. The zero-order valence-electron chi connectivity index (χ0n) is 13.4. The van der Waals surface area contributed by atoms with E-state index in [9.17, 15) is 14.7 Å². The standard InChI is InChI=1S/C17H19N3O3S/c1-12-6-9-20(19-12)14-4-2-13(3-5-14)15(21)18-17(16(22)23)7-10-24-11-8-17/h2-6,9H,7-8,10-11H2,1H3,(H,18,21)(H,22,23). The SMILES string of the molecule is Cc1ccn(-c2ccc(C(=O)NC3(C(=O)O)CCSCC3)cc2)n1. The average molecular weight is 345 g/mol. The van der Waals surface area contributed by atoms with Crippen LogP contribution in [-0.4, -0.2) is 43.8 Å². The number of carbonyl (C=O) groups is 2. The number of nitrogens with one attached hydrogen (secondary N) is 1. The van der Waals surface area contributed by atoms with Gasteiger partial charge in [0.2, 0.25) is 0 Å². The molecule has 1 amide bonds. The van der Waals surface area contributed by atoms with Crippen LogP contribution in [-0.2, 0) is 4.79 Å². The second-order valence-electron chi connectivity index (χ2n) is 5.90. The second kappa shape index (κ2) is 6.68. The molecule has 6 nitrogen and oxygen atoms in total. The summed E-state index contributed by atoms with van der Waals surface area (Å²) in [4.78, 5) is 24.1. The van der Waals surface area contributed by atoms with Crippen molar-refractivity contribution in [2.45, 2.75) is 25.3 Å². The predicted octanol–water partition coefficient (Wildman–Crippen LogP) is 2.26. The van der Waals surface area contributed by atoms with E-state index in [4.69, 9.17) is 0 Å². The summed E-state index contributed by atoms with van der Waals surface area (Å²) in [6.07, 6.45) is 2.75. The molecule has 0 atom stereocenters. The topological polar surface area (TPSA) is 84.2 Å². The van der Waals surface area contributed by atoms with Crippen LogP contribution in [0.15, 0.2) is 36.5 Å². The largest absolute Gasteiger partial charge is 0.480 e. The van der Waals surface area contributed by atoms with E-state index in [1.165, 1.54) is 0 Å². The Kier molecular flexibility index (Phi) is 4.62. The fourth-order valence-electron chi connectivity index (χ4n) is 2.73. The van der Waals surface area contributed by atoms with Crippen LogP contribution in [0.4, 0.5) is 0 Å². The van der Waals surface area contributed by atoms with Gasteiger partial charge in [0, 0.05) is 11.8 Å². The van der Waals surface area contributed by atoms with Gasteiger partial charge < -0.3 is 10.4 Å². The van der Waals surface area contributed by atoms with Crippen LogP contribution >= 0.6 is 11.8 Å². The predicted molar refractivity (Wildman–Crippen MR) is 92.7 cm³/mol. The molecule has 2 aromatic rings. The van der Waals surface area contributed by atoms with Crippen molar-refractivity contribution in [2.24, 2.45) is 0 Å². The number of aromatic nitrogens is 2. The molecular weight excluding hydrogens is 326 g/mol. The van der Waals surface area contributed by atoms with Gasteiger partial charge in [0.05, 0.1) is 11.4 Å². The lowest BCUT2D eigenvalue weighted by molar-refractivity contribution is -0.144. The molecule has 0 saturated carbocycles. The Bertz CT molecular complexity index is 749. The molecule has 3 rings (SSSR count). The van der Waals surface area contributed by atoms with Crippen LogP contribution < -0.4 is 5.32 Å². The summed E-state index contributed by atoms with van der Waals surface area (Å²) in [5.41, 5.74) is 1.05. The van der Waals surface area contributed by atoms with Crippen molar-refractivity contribution in [2.75, 3.05) is 11.5 Å². The number of hydrogen-bond donors (Lipinski definition) is 2. The number of benzene rings is 1. The summed E-state index contributed by atoms with van der Waals surface area (Å²) in [6.45, 7) is 1.91. The van der Waals surface area contributed by atoms with Crippen LogP contribution in [0.3, 0.4) is 0 Å². The monoisotopic (exact) mass is 345 g/mol. The molecular formula is C17H19N3O3S. The first-order valence-corrected chi connectivity index (χ1v) is 8.92. The van der Waals surface area contributed by atoms with Crippen molar-refractivity contribution in [1.29, 1.82) is 0 Å². The van der Waals surface area contributed by atoms with Gasteiger partial charge >= 0.3 is 5.97 Å². The summed E-state index contributed by atoms with van der Waals surface area (Å²) in [7, 11) is 0. The van der Waals surface area contributed by atoms with Crippen molar-refractivity contribution in [3.63, 3.8) is 0 Å². The fourth-order valence-corrected chi connectivity index (χ4v) is 3.92. The minimum atomic E-state index is -1.15. The maximum absolute atomic E-state index is 12.5. The van der Waals surface area contributed by atoms with E-state index in [1.54, 1.807) is 40.7 Å². The Morgan fingerprint density at radius 2 is 1.88 bits per heavy atom. The molecule has 2 heterocycles. The van der Waals surface area contributed by atoms with Crippen LogP contribution in [0, 0.1) is 6.92 Å². The van der Waals surface area contributed by atoms with E-state index in [2.05, 4.69) is 10.4 Å². The minimum absolute atomic E-state index is 0.354. The maximum atomic E-state index is 12.5. The molecule has 0 radical (unpaired) electrons. The van der Waals surface area contributed by atoms with Crippen LogP contribution in [0.2, 0.25) is 0 Å². The van der Waals surface area contributed by atoms with Gasteiger partial charge in [0.25, 0.3) is 5.91 Å². The lowest BCUT2D eigenvalue weighted by Gasteiger charge is -2.33. The second-order valence-corrected chi connectivity index (χ2v) is 7.13. The average Bonchev–Trinajstić information content (AvgIpc) is 3.02. The molecule has 1 aliphatic rings. The van der Waals surface area contributed by atoms with Gasteiger partial charge in [0.1, 0.15) is 5.54 Å². The molecule has 24 heavy (non-hydrogen) atoms. The number of rotatable bonds is 4. The number of carbonyl (C=O) groups excluding carboxylic acids is 1. The first-order chi connectivity index (χ1) is 11.5. The maximum Gasteiger partial charge on any atom is 0.329 e. The van der Waals surface area contributed by atoms with Crippen molar-refractivity contribution >= 4 is 23.6 Å². The number of hydrogen-bond acceptors (Lipinski definition) is 4. The van der Waals surface area contributed by atoms with E-state index < -0.39 is 11.5 Å². The minimum Gasteiger partial charge on any atom is -0.480 e. The lowest BCUT2D eigenvalue weighted by Crippen LogP contribution is -2.56. The lowest BCUT2D eigenvalue weighted by atomic mass is 9.92. The summed E-state index contributed by atoms with van der Waals surface area (Å²) < 4.78 is 1.73. The van der Waals surface area contributed by atoms with Gasteiger partial charge in [-0.15, -0.1) is 0 Å². The number of carboxylic acids is 1. The number of amides is 1. The Balaban J connectivity index is 1.76. The number of carboxylic acid groups (broad SMARTS) is 1. The van der Waals surface area contributed by atoms with E-state index in [0.717, 1.165) is 22.9 Å². The van der Waals surface area contributed by atoms with Gasteiger partial charge in [-0.3, -0.25) is 4.79 Å². The molecule has 1 aromatic carbocycles. The van der Waals surface area contributed by atoms with Crippen molar-refractivity contribution in [1.82, 2.24) is 15.1 Å². The summed E-state index contributed by atoms with van der Waals surface area (Å²) >= 11 is 1.71. The summed E-state index contributed by atoms with van der Waals surface area (Å²) in [5, 5.41) is 16.6. The third-order valence-electron chi connectivity index (χ3n) is 4.22. The first kappa shape index (κ1) is 16.6. The molecule has 126 valence electrons. The van der Waals surface area contributed by atoms with Gasteiger partial charge in [-0.1, -0.05) is 0 Å². The van der Waals surface area contributed by atoms with Crippen LogP contribution in [0.5, 0.6) is 0 Å². The Hall–Kier alpha value is -2.28. The van der Waals surface area contributed by atoms with E-state index in [1.807, 2.05) is 19.2 Å². The summed E-state index contributed by atoms with van der Waals surface area (Å²) in [5.74, 6) is 0.168. The Morgan fingerprint density at radius 3 is 2.42 bits per heavy atom. The highest BCUT2D eigenvalue weighted by Crippen LogP contribution is 2.27. The van der Waals surface area contributed by atoms with Crippen molar-refractivity contribution in [3.05, 3.63) is 47.8 Å². The third kappa shape index (κ3) is 3.31. The highest BCUT2D eigenvalue weighted by Gasteiger charge is 2.41. The number of thioether (sulfide) groups is 1. The molecule has 1 fully saturated rings. The fraction of sp³-hybridized carbons (Fsp3) is 0.353. The van der Waals surface area contributed by atoms with E-state index in [0.29, 0.717) is 18.4 Å². The molecule has 2 N–H and O–H groups in total. The molecule has 1 saturated heterocycles. The third-order valence-corrected chi connectivity index (χ3v) is 5.21. The molecule has 0 unspecified atom stereocenters. The van der Waals surface area contributed by atoms with Crippen LogP contribution in [0.25, 0.3) is 5.69 Å². The van der Waals surface area contributed by atoms with Gasteiger partial charge in [-0.25, -0.2) is 9.48 Å². The first-order valence-electron chi connectivity index (χ1n) is 7.77. The van der Waals surface area contributed by atoms with E-state index >= 15 is 0 Å². The number of aliphatic carboxylic acids is 1. The molecule has 1 aliphatic heterocycles. The number of nitrogens with zero attached hydrogens (tertiary/aromatic N) is 2. The van der Waals surface area contributed by atoms with Crippen molar-refractivity contribution < 1.29 is 14.7 Å². The molecule has 0 spiro atoms. The van der Waals surface area contributed by atoms with Gasteiger partial charge in [-0.05, 0) is 61.6 Å². The molecule has 7 heteroatoms. The highest BCUT2D eigenvalue weighted by atomic mass is 32.2. The van der Waals surface area contributed by atoms with E-state index in [-0.39, 0.29) is 5.91 Å². The summed E-state index contributed by atoms with van der Waals surface area (Å²) in [6, 6.07) is 8.87. The normalized spacial score (nSPS) is 16.5. The zero-order chi connectivity index (χ0) is 17.2. The molecule has 1 aromatic heterocycles. The number of aryl methyl sites for hydroxylation is 1.